The zero-order chi connectivity index (χ0) is 16.5. The first kappa shape index (κ1) is 14.6. The van der Waals surface area contributed by atoms with Crippen molar-refractivity contribution < 1.29 is 14.3 Å². The van der Waals surface area contributed by atoms with E-state index in [-0.39, 0.29) is 12.5 Å². The lowest BCUT2D eigenvalue weighted by atomic mass is 10.1. The number of esters is 1. The fourth-order valence-electron chi connectivity index (χ4n) is 2.88. The predicted molar refractivity (Wildman–Crippen MR) is 94.7 cm³/mol. The van der Waals surface area contributed by atoms with Gasteiger partial charge in [-0.15, -0.1) is 0 Å². The Morgan fingerprint density at radius 1 is 1.08 bits per heavy atom. The van der Waals surface area contributed by atoms with E-state index in [4.69, 9.17) is 9.47 Å². The number of carbonyl (C=O) groups is 1. The lowest BCUT2D eigenvalue weighted by Gasteiger charge is -2.27. The molecule has 2 heterocycles. The summed E-state index contributed by atoms with van der Waals surface area (Å²) in [7, 11) is 2.07. The molecular weight excluding hydrogens is 304 g/mol. The van der Waals surface area contributed by atoms with Gasteiger partial charge < -0.3 is 19.7 Å². The van der Waals surface area contributed by atoms with Gasteiger partial charge in [0, 0.05) is 7.05 Å². The summed E-state index contributed by atoms with van der Waals surface area (Å²) in [5.74, 6) is 1.24. The van der Waals surface area contributed by atoms with Crippen molar-refractivity contribution in [3.8, 4) is 11.5 Å². The summed E-state index contributed by atoms with van der Waals surface area (Å²) in [6, 6.07) is 11.9. The van der Waals surface area contributed by atoms with Crippen LogP contribution in [0.3, 0.4) is 0 Å². The van der Waals surface area contributed by atoms with Crippen molar-refractivity contribution in [3.63, 3.8) is 0 Å². The Morgan fingerprint density at radius 2 is 1.88 bits per heavy atom. The summed E-state index contributed by atoms with van der Waals surface area (Å²) >= 11 is 0. The van der Waals surface area contributed by atoms with E-state index in [1.807, 2.05) is 24.3 Å². The van der Waals surface area contributed by atoms with Crippen molar-refractivity contribution in [2.24, 2.45) is 0 Å². The monoisotopic (exact) mass is 322 g/mol. The Labute approximate surface area is 140 Å². The third-order valence-electron chi connectivity index (χ3n) is 4.20. The van der Waals surface area contributed by atoms with Gasteiger partial charge in [0.05, 0.1) is 17.9 Å². The second-order valence-corrected chi connectivity index (χ2v) is 5.91. The number of carbonyl (C=O) groups excluding carboxylic acids is 1. The standard InChI is InChI=1S/C19H18N2O3/c1-21-8-9-23-18-11-14(4-6-16(18)21)3-2-13-5-7-17-15(10-13)20-12-19(22)24-17/h2-7,10-11,20H,8-9,12H2,1H3. The lowest BCUT2D eigenvalue weighted by molar-refractivity contribution is -0.132. The number of nitrogens with one attached hydrogen (secondary N) is 1. The molecule has 0 bridgehead atoms. The molecule has 2 aromatic carbocycles. The molecule has 0 saturated heterocycles. The van der Waals surface area contributed by atoms with Crippen molar-refractivity contribution >= 4 is 29.5 Å². The summed E-state index contributed by atoms with van der Waals surface area (Å²) in [6.45, 7) is 1.83. The minimum Gasteiger partial charge on any atom is -0.490 e. The van der Waals surface area contributed by atoms with E-state index in [1.54, 1.807) is 0 Å². The second kappa shape index (κ2) is 5.92. The van der Waals surface area contributed by atoms with Crippen molar-refractivity contribution in [2.45, 2.75) is 0 Å². The lowest BCUT2D eigenvalue weighted by Crippen LogP contribution is -2.28. The van der Waals surface area contributed by atoms with Gasteiger partial charge in [0.1, 0.15) is 18.9 Å². The van der Waals surface area contributed by atoms with Gasteiger partial charge in [0.25, 0.3) is 0 Å². The molecule has 0 amide bonds. The fraction of sp³-hybridized carbons (Fsp3) is 0.211. The molecule has 0 radical (unpaired) electrons. The molecular formula is C19H18N2O3. The van der Waals surface area contributed by atoms with E-state index in [9.17, 15) is 4.79 Å². The molecule has 0 aromatic heterocycles. The summed E-state index contributed by atoms with van der Waals surface area (Å²) in [5.41, 5.74) is 4.08. The van der Waals surface area contributed by atoms with E-state index in [0.29, 0.717) is 12.4 Å². The average Bonchev–Trinajstić information content (AvgIpc) is 2.60. The molecule has 2 aliphatic heterocycles. The van der Waals surface area contributed by atoms with E-state index < -0.39 is 0 Å². The zero-order valence-electron chi connectivity index (χ0n) is 13.4. The van der Waals surface area contributed by atoms with Crippen molar-refractivity contribution in [1.82, 2.24) is 0 Å². The molecule has 0 saturated carbocycles. The number of likely N-dealkylation sites (N-methyl/N-ethyl adjacent to an activating group) is 1. The SMILES string of the molecule is CN1CCOc2cc(C=Cc3ccc4c(c3)NCC(=O)O4)ccc21. The number of anilines is 2. The quantitative estimate of drug-likeness (QED) is 0.523. The number of hydrogen-bond acceptors (Lipinski definition) is 5. The topological polar surface area (TPSA) is 50.8 Å². The molecule has 24 heavy (non-hydrogen) atoms. The first-order valence-corrected chi connectivity index (χ1v) is 7.94. The molecule has 2 aromatic rings. The maximum Gasteiger partial charge on any atom is 0.330 e. The van der Waals surface area contributed by atoms with Crippen LogP contribution < -0.4 is 19.7 Å². The smallest absolute Gasteiger partial charge is 0.330 e. The highest BCUT2D eigenvalue weighted by Crippen LogP contribution is 2.32. The van der Waals surface area contributed by atoms with Gasteiger partial charge in [0.2, 0.25) is 0 Å². The van der Waals surface area contributed by atoms with Crippen LogP contribution in [0.4, 0.5) is 11.4 Å². The van der Waals surface area contributed by atoms with Crippen LogP contribution in [0.2, 0.25) is 0 Å². The first-order valence-electron chi connectivity index (χ1n) is 7.94. The van der Waals surface area contributed by atoms with Crippen LogP contribution in [-0.2, 0) is 4.79 Å². The van der Waals surface area contributed by atoms with Gasteiger partial charge in [-0.05, 0) is 35.4 Å². The molecule has 1 N–H and O–H groups in total. The Kier molecular flexibility index (Phi) is 3.61. The van der Waals surface area contributed by atoms with E-state index in [0.717, 1.165) is 34.8 Å². The van der Waals surface area contributed by atoms with Crippen LogP contribution >= 0.6 is 0 Å². The summed E-state index contributed by atoms with van der Waals surface area (Å²) in [6.07, 6.45) is 4.08. The van der Waals surface area contributed by atoms with Gasteiger partial charge in [0.15, 0.2) is 5.75 Å². The summed E-state index contributed by atoms with van der Waals surface area (Å²) < 4.78 is 10.9. The third-order valence-corrected chi connectivity index (χ3v) is 4.20. The largest absolute Gasteiger partial charge is 0.490 e. The highest BCUT2D eigenvalue weighted by Gasteiger charge is 2.16. The zero-order valence-corrected chi connectivity index (χ0v) is 13.4. The van der Waals surface area contributed by atoms with E-state index >= 15 is 0 Å². The molecule has 0 spiro atoms. The number of rotatable bonds is 2. The third kappa shape index (κ3) is 2.80. The highest BCUT2D eigenvalue weighted by atomic mass is 16.5. The van der Waals surface area contributed by atoms with Crippen LogP contribution in [0.25, 0.3) is 12.2 Å². The molecule has 0 aliphatic carbocycles. The van der Waals surface area contributed by atoms with Crippen molar-refractivity contribution in [3.05, 3.63) is 47.5 Å². The van der Waals surface area contributed by atoms with Crippen LogP contribution in [-0.4, -0.2) is 32.7 Å². The summed E-state index contributed by atoms with van der Waals surface area (Å²) in [5, 5.41) is 3.06. The first-order chi connectivity index (χ1) is 11.7. The molecule has 4 rings (SSSR count). The summed E-state index contributed by atoms with van der Waals surface area (Å²) in [4.78, 5) is 13.4. The van der Waals surface area contributed by atoms with Crippen LogP contribution in [0.5, 0.6) is 11.5 Å². The molecule has 2 aliphatic rings. The second-order valence-electron chi connectivity index (χ2n) is 5.91. The molecule has 5 heteroatoms. The van der Waals surface area contributed by atoms with Gasteiger partial charge >= 0.3 is 5.97 Å². The van der Waals surface area contributed by atoms with Gasteiger partial charge in [-0.3, -0.25) is 0 Å². The normalized spacial score (nSPS) is 16.0. The Balaban J connectivity index is 1.56. The number of ether oxygens (including phenoxy) is 2. The highest BCUT2D eigenvalue weighted by molar-refractivity contribution is 5.84. The maximum absolute atomic E-state index is 11.2. The van der Waals surface area contributed by atoms with E-state index in [1.165, 1.54) is 0 Å². The Morgan fingerprint density at radius 3 is 2.75 bits per heavy atom. The molecule has 0 atom stereocenters. The number of nitrogens with zero attached hydrogens (tertiary/aromatic N) is 1. The molecule has 0 fully saturated rings. The molecule has 5 nitrogen and oxygen atoms in total. The van der Waals surface area contributed by atoms with Gasteiger partial charge in [-0.25, -0.2) is 4.79 Å². The van der Waals surface area contributed by atoms with Gasteiger partial charge in [-0.1, -0.05) is 24.3 Å². The minimum atomic E-state index is -0.259. The minimum absolute atomic E-state index is 0.204. The van der Waals surface area contributed by atoms with Crippen LogP contribution in [0.1, 0.15) is 11.1 Å². The molecule has 0 unspecified atom stereocenters. The predicted octanol–water partition coefficient (Wildman–Crippen LogP) is 3.02. The van der Waals surface area contributed by atoms with Crippen molar-refractivity contribution in [2.75, 3.05) is 37.0 Å². The average molecular weight is 322 g/mol. The number of benzene rings is 2. The number of fused-ring (bicyclic) bond motifs is 2. The van der Waals surface area contributed by atoms with Crippen molar-refractivity contribution in [1.29, 1.82) is 0 Å². The Bertz CT molecular complexity index is 829. The fourth-order valence-corrected chi connectivity index (χ4v) is 2.88. The van der Waals surface area contributed by atoms with Gasteiger partial charge in [-0.2, -0.15) is 0 Å². The number of hydrogen-bond donors (Lipinski definition) is 1. The molecule has 122 valence electrons. The van der Waals surface area contributed by atoms with Crippen LogP contribution in [0, 0.1) is 0 Å². The van der Waals surface area contributed by atoms with Crippen LogP contribution in [0.15, 0.2) is 36.4 Å². The Hall–Kier alpha value is -2.95. The van der Waals surface area contributed by atoms with E-state index in [2.05, 4.69) is 41.5 Å². The maximum atomic E-state index is 11.2.